The molecule has 0 aliphatic heterocycles. The monoisotopic (exact) mass is 353 g/mol. The van der Waals surface area contributed by atoms with Crippen molar-refractivity contribution < 1.29 is 9.21 Å². The first-order valence-corrected chi connectivity index (χ1v) is 9.53. The van der Waals surface area contributed by atoms with E-state index in [2.05, 4.69) is 10.3 Å². The number of hydrogen-bond donors (Lipinski definition) is 1. The summed E-state index contributed by atoms with van der Waals surface area (Å²) in [5, 5.41) is 4.05. The molecule has 128 valence electrons. The lowest BCUT2D eigenvalue weighted by molar-refractivity contribution is 0.0932. The molecule has 1 aliphatic carbocycles. The van der Waals surface area contributed by atoms with Crippen molar-refractivity contribution in [3.63, 3.8) is 0 Å². The maximum absolute atomic E-state index is 12.7. The fourth-order valence-electron chi connectivity index (χ4n) is 3.31. The topological polar surface area (TPSA) is 60.1 Å². The van der Waals surface area contributed by atoms with Crippen LogP contribution in [-0.4, -0.2) is 21.7 Å². The molecule has 1 aromatic carbocycles. The number of nitrogens with zero attached hydrogens (tertiary/aromatic N) is 2. The number of hydrogen-bond acceptors (Lipinski definition) is 4. The van der Waals surface area contributed by atoms with Crippen molar-refractivity contribution in [3.05, 3.63) is 65.9 Å². The highest BCUT2D eigenvalue weighted by Gasteiger charge is 2.24. The Labute approximate surface area is 150 Å². The lowest BCUT2D eigenvalue weighted by atomic mass is 9.93. The number of thioether (sulfide) groups is 1. The van der Waals surface area contributed by atoms with Gasteiger partial charge in [-0.1, -0.05) is 17.8 Å². The number of nitrogens with one attached hydrogen (secondary N) is 1. The first-order valence-electron chi connectivity index (χ1n) is 8.31. The molecule has 0 radical (unpaired) electrons. The number of carbonyl (C=O) groups excluding carboxylic acids is 1. The molecule has 0 saturated carbocycles. The quantitative estimate of drug-likeness (QED) is 0.721. The van der Waals surface area contributed by atoms with Crippen molar-refractivity contribution in [2.75, 3.05) is 6.26 Å². The predicted molar refractivity (Wildman–Crippen MR) is 97.2 cm³/mol. The number of benzene rings is 1. The lowest BCUT2D eigenvalue weighted by Crippen LogP contribution is -2.30. The van der Waals surface area contributed by atoms with E-state index in [0.717, 1.165) is 41.4 Å². The Morgan fingerprint density at radius 2 is 2.32 bits per heavy atom. The van der Waals surface area contributed by atoms with Crippen LogP contribution in [0.25, 0.3) is 5.69 Å². The van der Waals surface area contributed by atoms with Crippen LogP contribution >= 0.6 is 11.8 Å². The van der Waals surface area contributed by atoms with E-state index in [1.165, 1.54) is 0 Å². The molecule has 1 unspecified atom stereocenters. The van der Waals surface area contributed by atoms with Gasteiger partial charge in [-0.3, -0.25) is 9.36 Å². The van der Waals surface area contributed by atoms with Crippen LogP contribution in [0, 0.1) is 0 Å². The highest BCUT2D eigenvalue weighted by atomic mass is 32.2. The first kappa shape index (κ1) is 16.0. The van der Waals surface area contributed by atoms with Crippen molar-refractivity contribution in [2.45, 2.75) is 30.5 Å². The molecular formula is C19H19N3O2S. The van der Waals surface area contributed by atoms with Crippen molar-refractivity contribution in [1.82, 2.24) is 14.9 Å². The molecular weight excluding hydrogens is 334 g/mol. The second-order valence-electron chi connectivity index (χ2n) is 6.05. The molecule has 0 fully saturated rings. The van der Waals surface area contributed by atoms with Crippen molar-refractivity contribution in [2.24, 2.45) is 0 Å². The molecule has 0 saturated heterocycles. The minimum absolute atomic E-state index is 0.0219. The van der Waals surface area contributed by atoms with Gasteiger partial charge in [-0.2, -0.15) is 0 Å². The van der Waals surface area contributed by atoms with E-state index in [4.69, 9.17) is 4.42 Å². The van der Waals surface area contributed by atoms with Gasteiger partial charge in [0.1, 0.15) is 5.76 Å². The summed E-state index contributed by atoms with van der Waals surface area (Å²) in [5.41, 5.74) is 2.69. The van der Waals surface area contributed by atoms with Gasteiger partial charge >= 0.3 is 0 Å². The van der Waals surface area contributed by atoms with E-state index in [1.807, 2.05) is 47.4 Å². The maximum Gasteiger partial charge on any atom is 0.251 e. The van der Waals surface area contributed by atoms with Crippen LogP contribution in [0.3, 0.4) is 0 Å². The average Bonchev–Trinajstić information content (AvgIpc) is 3.31. The molecule has 1 atom stereocenters. The zero-order valence-electron chi connectivity index (χ0n) is 13.9. The smallest absolute Gasteiger partial charge is 0.251 e. The number of furan rings is 1. The number of amides is 1. The van der Waals surface area contributed by atoms with E-state index in [0.29, 0.717) is 5.56 Å². The summed E-state index contributed by atoms with van der Waals surface area (Å²) < 4.78 is 7.49. The largest absolute Gasteiger partial charge is 0.469 e. The Morgan fingerprint density at radius 3 is 3.20 bits per heavy atom. The second kappa shape index (κ2) is 6.80. The zero-order chi connectivity index (χ0) is 17.2. The summed E-state index contributed by atoms with van der Waals surface area (Å²) in [4.78, 5) is 17.1. The molecule has 0 bridgehead atoms. The summed E-state index contributed by atoms with van der Waals surface area (Å²) in [6, 6.07) is 9.61. The Balaban J connectivity index is 1.57. The number of rotatable bonds is 4. The summed E-state index contributed by atoms with van der Waals surface area (Å²) in [6.45, 7) is 0. The number of aryl methyl sites for hydroxylation is 1. The Morgan fingerprint density at radius 1 is 1.40 bits per heavy atom. The van der Waals surface area contributed by atoms with Crippen LogP contribution < -0.4 is 5.32 Å². The predicted octanol–water partition coefficient (Wildman–Crippen LogP) is 3.99. The molecule has 1 N–H and O–H groups in total. The van der Waals surface area contributed by atoms with Gasteiger partial charge in [0.25, 0.3) is 5.91 Å². The minimum atomic E-state index is -0.0632. The lowest BCUT2D eigenvalue weighted by Gasteiger charge is -2.22. The molecule has 6 heteroatoms. The molecule has 1 amide bonds. The fourth-order valence-corrected chi connectivity index (χ4v) is 3.84. The van der Waals surface area contributed by atoms with Crippen LogP contribution in [0.1, 0.15) is 40.6 Å². The van der Waals surface area contributed by atoms with Crippen LogP contribution in [0.4, 0.5) is 0 Å². The second-order valence-corrected chi connectivity index (χ2v) is 6.83. The van der Waals surface area contributed by atoms with Crippen LogP contribution in [0.5, 0.6) is 0 Å². The molecule has 1 aliphatic rings. The van der Waals surface area contributed by atoms with Gasteiger partial charge in [0.2, 0.25) is 0 Å². The fraction of sp³-hybridized carbons (Fsp3) is 0.263. The molecule has 0 spiro atoms. The van der Waals surface area contributed by atoms with Crippen molar-refractivity contribution in [3.8, 4) is 5.69 Å². The number of imidazole rings is 1. The van der Waals surface area contributed by atoms with Crippen molar-refractivity contribution >= 4 is 17.7 Å². The number of fused-ring (bicyclic) bond motifs is 1. The SMILES string of the molecule is CSc1nccn1-c1cccc(C(=O)NC2CCCc3occc32)c1. The highest BCUT2D eigenvalue weighted by Crippen LogP contribution is 2.30. The van der Waals surface area contributed by atoms with Gasteiger partial charge in [0.15, 0.2) is 5.16 Å². The van der Waals surface area contributed by atoms with E-state index in [9.17, 15) is 4.79 Å². The van der Waals surface area contributed by atoms with E-state index < -0.39 is 0 Å². The van der Waals surface area contributed by atoms with Crippen LogP contribution in [0.15, 0.2) is 58.6 Å². The molecule has 25 heavy (non-hydrogen) atoms. The highest BCUT2D eigenvalue weighted by molar-refractivity contribution is 7.98. The Kier molecular flexibility index (Phi) is 4.36. The van der Waals surface area contributed by atoms with Crippen LogP contribution in [0.2, 0.25) is 0 Å². The summed E-state index contributed by atoms with van der Waals surface area (Å²) in [6.07, 6.45) is 10.3. The Bertz CT molecular complexity index is 899. The summed E-state index contributed by atoms with van der Waals surface area (Å²) in [7, 11) is 0. The normalized spacial score (nSPS) is 16.4. The molecule has 3 aromatic rings. The number of carbonyl (C=O) groups is 1. The summed E-state index contributed by atoms with van der Waals surface area (Å²) in [5.74, 6) is 0.931. The minimum Gasteiger partial charge on any atom is -0.469 e. The molecule has 5 nitrogen and oxygen atoms in total. The third kappa shape index (κ3) is 3.09. The molecule has 2 heterocycles. The molecule has 4 rings (SSSR count). The van der Waals surface area contributed by atoms with Crippen LogP contribution in [-0.2, 0) is 6.42 Å². The standard InChI is InChI=1S/C19H19N3O2S/c1-25-19-20-9-10-22(19)14-5-2-4-13(12-14)18(23)21-16-6-3-7-17-15(16)8-11-24-17/h2,4-5,8-12,16H,3,6-7H2,1H3,(H,21,23). The van der Waals surface area contributed by atoms with Gasteiger partial charge in [0.05, 0.1) is 12.3 Å². The number of aromatic nitrogens is 2. The zero-order valence-corrected chi connectivity index (χ0v) is 14.8. The van der Waals surface area contributed by atoms with Gasteiger partial charge in [-0.25, -0.2) is 4.98 Å². The first-order chi connectivity index (χ1) is 12.3. The Hall–Kier alpha value is -2.47. The van der Waals surface area contributed by atoms with Crippen molar-refractivity contribution in [1.29, 1.82) is 0 Å². The van der Waals surface area contributed by atoms with Gasteiger partial charge in [-0.15, -0.1) is 0 Å². The van der Waals surface area contributed by atoms with E-state index in [1.54, 1.807) is 24.2 Å². The third-order valence-corrected chi connectivity index (χ3v) is 5.20. The maximum atomic E-state index is 12.7. The third-order valence-electron chi connectivity index (χ3n) is 4.53. The average molecular weight is 353 g/mol. The van der Waals surface area contributed by atoms with E-state index in [-0.39, 0.29) is 11.9 Å². The van der Waals surface area contributed by atoms with E-state index >= 15 is 0 Å². The summed E-state index contributed by atoms with van der Waals surface area (Å²) >= 11 is 1.57. The van der Waals surface area contributed by atoms with Gasteiger partial charge < -0.3 is 9.73 Å². The molecule has 2 aromatic heterocycles. The van der Waals surface area contributed by atoms with Gasteiger partial charge in [0, 0.05) is 35.6 Å². The van der Waals surface area contributed by atoms with Gasteiger partial charge in [-0.05, 0) is 43.4 Å².